The maximum absolute atomic E-state index is 12.7. The fraction of sp³-hybridized carbons (Fsp3) is 0.261. The molecule has 0 saturated carbocycles. The van der Waals surface area contributed by atoms with Crippen LogP contribution in [0.25, 0.3) is 11.5 Å². The Labute approximate surface area is 194 Å². The van der Waals surface area contributed by atoms with Gasteiger partial charge in [-0.25, -0.2) is 9.78 Å². The number of aryl methyl sites for hydroxylation is 1. The molecule has 1 heterocycles. The van der Waals surface area contributed by atoms with Crippen LogP contribution >= 0.6 is 11.8 Å². The molecule has 1 N–H and O–H groups in total. The van der Waals surface area contributed by atoms with Gasteiger partial charge in [0.2, 0.25) is 5.89 Å². The average molecular weight is 470 g/mol. The van der Waals surface area contributed by atoms with Crippen molar-refractivity contribution in [1.29, 1.82) is 0 Å². The predicted octanol–water partition coefficient (Wildman–Crippen LogP) is 4.15. The topological polar surface area (TPSA) is 125 Å². The lowest BCUT2D eigenvalue weighted by Gasteiger charge is -2.17. The smallest absolute Gasteiger partial charge is 0.329 e. The van der Waals surface area contributed by atoms with Gasteiger partial charge in [-0.3, -0.25) is 14.9 Å². The van der Waals surface area contributed by atoms with Gasteiger partial charge in [-0.1, -0.05) is 23.8 Å². The van der Waals surface area contributed by atoms with Gasteiger partial charge in [-0.05, 0) is 43.6 Å². The highest BCUT2D eigenvalue weighted by Crippen LogP contribution is 2.20. The monoisotopic (exact) mass is 469 g/mol. The molecule has 172 valence electrons. The summed E-state index contributed by atoms with van der Waals surface area (Å²) >= 11 is 1.52. The lowest BCUT2D eigenvalue weighted by Crippen LogP contribution is -2.42. The number of hydrogen-bond acceptors (Lipinski definition) is 8. The molecule has 1 atom stereocenters. The molecule has 2 aromatic carbocycles. The number of nitrogens with one attached hydrogen (secondary N) is 1. The van der Waals surface area contributed by atoms with Gasteiger partial charge in [-0.2, -0.15) is 11.8 Å². The Balaban J connectivity index is 1.63. The number of nitro benzene ring substituents is 1. The van der Waals surface area contributed by atoms with Gasteiger partial charge in [0.05, 0.1) is 4.92 Å². The predicted molar refractivity (Wildman–Crippen MR) is 124 cm³/mol. The molecule has 33 heavy (non-hydrogen) atoms. The minimum absolute atomic E-state index is 0.0883. The second-order valence-electron chi connectivity index (χ2n) is 7.23. The van der Waals surface area contributed by atoms with E-state index in [2.05, 4.69) is 10.3 Å². The Morgan fingerprint density at radius 1 is 1.24 bits per heavy atom. The quantitative estimate of drug-likeness (QED) is 0.267. The summed E-state index contributed by atoms with van der Waals surface area (Å²) in [6.07, 6.45) is 3.64. The molecule has 1 aromatic heterocycles. The fourth-order valence-corrected chi connectivity index (χ4v) is 3.41. The van der Waals surface area contributed by atoms with Crippen LogP contribution in [-0.4, -0.2) is 39.8 Å². The van der Waals surface area contributed by atoms with Crippen LogP contribution in [0, 0.1) is 17.0 Å². The SMILES string of the molecule is CSCCC(NC(=O)c1cccc([N+](=O)[O-])c1)C(=O)OCc1coc(-c2ccc(C)cc2)n1. The first kappa shape index (κ1) is 24.0. The number of nitro groups is 1. The summed E-state index contributed by atoms with van der Waals surface area (Å²) in [5.41, 5.74) is 2.24. The van der Waals surface area contributed by atoms with E-state index in [9.17, 15) is 19.7 Å². The van der Waals surface area contributed by atoms with E-state index in [1.807, 2.05) is 37.4 Å². The van der Waals surface area contributed by atoms with Crippen molar-refractivity contribution < 1.29 is 23.7 Å². The lowest BCUT2D eigenvalue weighted by atomic mass is 10.1. The Morgan fingerprint density at radius 3 is 2.70 bits per heavy atom. The highest BCUT2D eigenvalue weighted by atomic mass is 32.2. The summed E-state index contributed by atoms with van der Waals surface area (Å²) in [4.78, 5) is 40.0. The molecule has 10 heteroatoms. The van der Waals surface area contributed by atoms with Crippen molar-refractivity contribution in [2.75, 3.05) is 12.0 Å². The number of hydrogen-bond donors (Lipinski definition) is 1. The zero-order valence-corrected chi connectivity index (χ0v) is 19.0. The molecule has 0 aliphatic carbocycles. The van der Waals surface area contributed by atoms with Crippen molar-refractivity contribution in [2.24, 2.45) is 0 Å². The number of carbonyl (C=O) groups excluding carboxylic acids is 2. The third-order valence-electron chi connectivity index (χ3n) is 4.73. The van der Waals surface area contributed by atoms with E-state index < -0.39 is 22.8 Å². The maximum Gasteiger partial charge on any atom is 0.329 e. The molecule has 3 aromatic rings. The third kappa shape index (κ3) is 6.66. The van der Waals surface area contributed by atoms with E-state index in [0.717, 1.165) is 17.2 Å². The molecule has 1 unspecified atom stereocenters. The number of aromatic nitrogens is 1. The Hall–Kier alpha value is -3.66. The summed E-state index contributed by atoms with van der Waals surface area (Å²) < 4.78 is 10.8. The number of nitrogens with zero attached hydrogens (tertiary/aromatic N) is 2. The van der Waals surface area contributed by atoms with Crippen LogP contribution < -0.4 is 5.32 Å². The van der Waals surface area contributed by atoms with Crippen molar-refractivity contribution in [2.45, 2.75) is 26.0 Å². The van der Waals surface area contributed by atoms with E-state index in [0.29, 0.717) is 23.8 Å². The number of thioether (sulfide) groups is 1. The van der Waals surface area contributed by atoms with Crippen LogP contribution in [0.4, 0.5) is 5.69 Å². The maximum atomic E-state index is 12.7. The highest BCUT2D eigenvalue weighted by molar-refractivity contribution is 7.98. The van der Waals surface area contributed by atoms with Crippen molar-refractivity contribution in [1.82, 2.24) is 10.3 Å². The zero-order valence-electron chi connectivity index (χ0n) is 18.1. The minimum atomic E-state index is -0.910. The second-order valence-corrected chi connectivity index (χ2v) is 8.22. The first-order valence-electron chi connectivity index (χ1n) is 10.1. The molecular weight excluding hydrogens is 446 g/mol. The van der Waals surface area contributed by atoms with Crippen molar-refractivity contribution >= 4 is 29.3 Å². The van der Waals surface area contributed by atoms with Crippen LogP contribution in [0.2, 0.25) is 0 Å². The molecule has 0 spiro atoms. The van der Waals surface area contributed by atoms with Crippen LogP contribution in [0.1, 0.15) is 28.0 Å². The number of carbonyl (C=O) groups is 2. The zero-order chi connectivity index (χ0) is 23.8. The number of oxazole rings is 1. The van der Waals surface area contributed by atoms with E-state index >= 15 is 0 Å². The normalized spacial score (nSPS) is 11.6. The van der Waals surface area contributed by atoms with Gasteiger partial charge in [0.1, 0.15) is 24.6 Å². The second kappa shape index (κ2) is 11.3. The van der Waals surface area contributed by atoms with Crippen LogP contribution in [0.3, 0.4) is 0 Å². The van der Waals surface area contributed by atoms with E-state index in [1.54, 1.807) is 0 Å². The fourth-order valence-electron chi connectivity index (χ4n) is 2.93. The van der Waals surface area contributed by atoms with Gasteiger partial charge in [-0.15, -0.1) is 0 Å². The molecular formula is C23H23N3O6S. The van der Waals surface area contributed by atoms with Crippen LogP contribution in [0.5, 0.6) is 0 Å². The van der Waals surface area contributed by atoms with Crippen molar-refractivity contribution in [3.05, 3.63) is 81.7 Å². The Bertz CT molecular complexity index is 1130. The summed E-state index contributed by atoms with van der Waals surface area (Å²) in [6, 6.07) is 12.1. The molecule has 0 bridgehead atoms. The molecule has 0 fully saturated rings. The first-order chi connectivity index (χ1) is 15.9. The van der Waals surface area contributed by atoms with Gasteiger partial charge in [0.15, 0.2) is 0 Å². The summed E-state index contributed by atoms with van der Waals surface area (Å²) in [5, 5.41) is 13.6. The molecule has 9 nitrogen and oxygen atoms in total. The summed E-state index contributed by atoms with van der Waals surface area (Å²) in [7, 11) is 0. The van der Waals surface area contributed by atoms with Gasteiger partial charge in [0, 0.05) is 23.3 Å². The minimum Gasteiger partial charge on any atom is -0.458 e. The Morgan fingerprint density at radius 2 is 2.00 bits per heavy atom. The highest BCUT2D eigenvalue weighted by Gasteiger charge is 2.24. The van der Waals surface area contributed by atoms with Gasteiger partial charge in [0.25, 0.3) is 11.6 Å². The van der Waals surface area contributed by atoms with Crippen molar-refractivity contribution in [3.8, 4) is 11.5 Å². The molecule has 0 aliphatic rings. The average Bonchev–Trinajstić information content (AvgIpc) is 3.29. The molecule has 1 amide bonds. The third-order valence-corrected chi connectivity index (χ3v) is 5.38. The first-order valence-corrected chi connectivity index (χ1v) is 11.5. The number of ether oxygens (including phenoxy) is 1. The molecule has 0 aliphatic heterocycles. The number of benzene rings is 2. The summed E-state index contributed by atoms with van der Waals surface area (Å²) in [6.45, 7) is 1.87. The Kier molecular flexibility index (Phi) is 8.20. The molecule has 3 rings (SSSR count). The summed E-state index contributed by atoms with van der Waals surface area (Å²) in [5.74, 6) is -0.192. The van der Waals surface area contributed by atoms with E-state index in [-0.39, 0.29) is 17.9 Å². The van der Waals surface area contributed by atoms with Gasteiger partial charge < -0.3 is 14.5 Å². The number of esters is 1. The number of rotatable bonds is 10. The van der Waals surface area contributed by atoms with E-state index in [4.69, 9.17) is 9.15 Å². The molecule has 0 saturated heterocycles. The van der Waals surface area contributed by atoms with Gasteiger partial charge >= 0.3 is 5.97 Å². The standard InChI is InChI=1S/C23H23N3O6S/c1-15-6-8-16(9-7-15)22-24-18(13-31-22)14-32-23(28)20(10-11-33-2)25-21(27)17-4-3-5-19(12-17)26(29)30/h3-9,12-13,20H,10-11,14H2,1-2H3,(H,25,27). The van der Waals surface area contributed by atoms with E-state index in [1.165, 1.54) is 36.2 Å². The number of non-ortho nitro benzene ring substituents is 1. The number of amides is 1. The van der Waals surface area contributed by atoms with Crippen LogP contribution in [0.15, 0.2) is 59.2 Å². The lowest BCUT2D eigenvalue weighted by molar-refractivity contribution is -0.384. The molecule has 0 radical (unpaired) electrons. The largest absolute Gasteiger partial charge is 0.458 e. The van der Waals surface area contributed by atoms with Crippen LogP contribution in [-0.2, 0) is 16.1 Å². The van der Waals surface area contributed by atoms with Crippen molar-refractivity contribution in [3.63, 3.8) is 0 Å².